The number of benzene rings is 1. The van der Waals surface area contributed by atoms with Crippen LogP contribution in [-0.4, -0.2) is 12.5 Å². The number of carbonyl (C=O) groups is 1. The topological polar surface area (TPSA) is 46.3 Å². The van der Waals surface area contributed by atoms with E-state index in [1.807, 2.05) is 0 Å². The van der Waals surface area contributed by atoms with E-state index in [0.717, 1.165) is 6.07 Å². The van der Waals surface area contributed by atoms with Gasteiger partial charge in [0.1, 0.15) is 0 Å². The Labute approximate surface area is 96.0 Å². The fourth-order valence-corrected chi connectivity index (χ4v) is 1.92. The lowest BCUT2D eigenvalue weighted by molar-refractivity contribution is -0.137. The molecule has 6 heteroatoms. The van der Waals surface area contributed by atoms with Crippen LogP contribution in [-0.2, 0) is 11.0 Å². The largest absolute Gasteiger partial charge is 0.418 e. The van der Waals surface area contributed by atoms with Gasteiger partial charge in [0.25, 0.3) is 0 Å². The van der Waals surface area contributed by atoms with Crippen LogP contribution in [0, 0.1) is 0 Å². The molecule has 1 aromatic rings. The quantitative estimate of drug-likeness (QED) is 0.771. The first-order chi connectivity index (χ1) is 7.89. The van der Waals surface area contributed by atoms with Gasteiger partial charge in [-0.05, 0) is 24.6 Å². The third-order valence-electron chi connectivity index (χ3n) is 2.69. The molecule has 1 aliphatic rings. The molecule has 0 atom stereocenters. The summed E-state index contributed by atoms with van der Waals surface area (Å²) in [4.78, 5) is 12.6. The average Bonchev–Trinajstić information content (AvgIpc) is 2.63. The van der Waals surface area contributed by atoms with E-state index in [1.54, 1.807) is 0 Å². The minimum absolute atomic E-state index is 0.0349. The highest BCUT2D eigenvalue weighted by molar-refractivity contribution is 5.96. The van der Waals surface area contributed by atoms with Gasteiger partial charge in [0.15, 0.2) is 0 Å². The zero-order valence-corrected chi connectivity index (χ0v) is 8.92. The van der Waals surface area contributed by atoms with Crippen LogP contribution in [0.25, 0.3) is 0 Å². The number of carbonyl (C=O) groups excluding carboxylic acids is 1. The Morgan fingerprint density at radius 1 is 1.29 bits per heavy atom. The maximum atomic E-state index is 12.8. The van der Waals surface area contributed by atoms with Crippen molar-refractivity contribution in [1.82, 2.24) is 0 Å². The summed E-state index contributed by atoms with van der Waals surface area (Å²) in [5.74, 6) is -0.278. The third kappa shape index (κ3) is 2.20. The van der Waals surface area contributed by atoms with Gasteiger partial charge >= 0.3 is 6.18 Å². The molecule has 92 valence electrons. The number of hydrogen-bond donors (Lipinski definition) is 1. The number of alkyl halides is 3. The van der Waals surface area contributed by atoms with Crippen molar-refractivity contribution in [3.63, 3.8) is 0 Å². The molecule has 0 unspecified atom stereocenters. The van der Waals surface area contributed by atoms with E-state index in [2.05, 4.69) is 0 Å². The van der Waals surface area contributed by atoms with E-state index < -0.39 is 11.7 Å². The minimum Gasteiger partial charge on any atom is -0.399 e. The van der Waals surface area contributed by atoms with Crippen LogP contribution in [0.5, 0.6) is 0 Å². The lowest BCUT2D eigenvalue weighted by atomic mass is 10.1. The molecule has 0 spiro atoms. The number of anilines is 2. The van der Waals surface area contributed by atoms with Gasteiger partial charge in [-0.15, -0.1) is 0 Å². The predicted molar refractivity (Wildman–Crippen MR) is 57.4 cm³/mol. The van der Waals surface area contributed by atoms with Crippen LogP contribution in [0.2, 0.25) is 0 Å². The summed E-state index contributed by atoms with van der Waals surface area (Å²) in [7, 11) is 0. The summed E-state index contributed by atoms with van der Waals surface area (Å²) in [6.07, 6.45) is -3.63. The van der Waals surface area contributed by atoms with Crippen molar-refractivity contribution in [2.45, 2.75) is 19.0 Å². The average molecular weight is 244 g/mol. The lowest BCUT2D eigenvalue weighted by Gasteiger charge is -2.21. The van der Waals surface area contributed by atoms with E-state index in [1.165, 1.54) is 17.0 Å². The van der Waals surface area contributed by atoms with Gasteiger partial charge < -0.3 is 10.6 Å². The summed E-state index contributed by atoms with van der Waals surface area (Å²) in [6.45, 7) is 0.325. The number of rotatable bonds is 1. The summed E-state index contributed by atoms with van der Waals surface area (Å²) in [5, 5.41) is 0. The molecular weight excluding hydrogens is 233 g/mol. The number of amides is 1. The van der Waals surface area contributed by atoms with Gasteiger partial charge in [-0.3, -0.25) is 4.79 Å². The molecule has 2 N–H and O–H groups in total. The molecule has 17 heavy (non-hydrogen) atoms. The highest BCUT2D eigenvalue weighted by Gasteiger charge is 2.37. The molecule has 0 saturated carbocycles. The van der Waals surface area contributed by atoms with Gasteiger partial charge in [-0.2, -0.15) is 13.2 Å². The van der Waals surface area contributed by atoms with Gasteiger partial charge in [0, 0.05) is 18.7 Å². The molecule has 1 fully saturated rings. The second-order valence-corrected chi connectivity index (χ2v) is 3.92. The molecule has 1 amide bonds. The molecule has 2 rings (SSSR count). The van der Waals surface area contributed by atoms with Crippen LogP contribution in [0.4, 0.5) is 24.5 Å². The van der Waals surface area contributed by atoms with Crippen LogP contribution in [0.15, 0.2) is 18.2 Å². The molecular formula is C11H11F3N2O. The van der Waals surface area contributed by atoms with Crippen molar-refractivity contribution >= 4 is 17.3 Å². The Hall–Kier alpha value is -1.72. The third-order valence-corrected chi connectivity index (χ3v) is 2.69. The Morgan fingerprint density at radius 2 is 2.00 bits per heavy atom. The standard InChI is InChI=1S/C11H11F3N2O/c12-11(13,14)8-6-7(15)3-4-9(8)16-5-1-2-10(16)17/h3-4,6H,1-2,5,15H2. The van der Waals surface area contributed by atoms with Crippen LogP contribution in [0.1, 0.15) is 18.4 Å². The van der Waals surface area contributed by atoms with E-state index in [4.69, 9.17) is 5.73 Å². The normalized spacial score (nSPS) is 16.6. The Bertz CT molecular complexity index is 457. The summed E-state index contributed by atoms with van der Waals surface area (Å²) in [6, 6.07) is 3.48. The highest BCUT2D eigenvalue weighted by Crippen LogP contribution is 2.38. The number of nitrogen functional groups attached to an aromatic ring is 1. The lowest BCUT2D eigenvalue weighted by Crippen LogP contribution is -2.26. The Kier molecular flexibility index (Phi) is 2.73. The van der Waals surface area contributed by atoms with Crippen molar-refractivity contribution in [1.29, 1.82) is 0 Å². The van der Waals surface area contributed by atoms with Crippen molar-refractivity contribution < 1.29 is 18.0 Å². The molecule has 0 aromatic heterocycles. The summed E-state index contributed by atoms with van der Waals surface area (Å²) in [5.41, 5.74) is 4.43. The summed E-state index contributed by atoms with van der Waals surface area (Å²) >= 11 is 0. The second kappa shape index (κ2) is 3.94. The highest BCUT2D eigenvalue weighted by atomic mass is 19.4. The van der Waals surface area contributed by atoms with Crippen molar-refractivity contribution in [3.05, 3.63) is 23.8 Å². The van der Waals surface area contributed by atoms with Crippen LogP contribution < -0.4 is 10.6 Å². The second-order valence-electron chi connectivity index (χ2n) is 3.92. The van der Waals surface area contributed by atoms with Crippen LogP contribution in [0.3, 0.4) is 0 Å². The number of hydrogen-bond acceptors (Lipinski definition) is 2. The molecule has 0 bridgehead atoms. The SMILES string of the molecule is Nc1ccc(N2CCCC2=O)c(C(F)(F)F)c1. The maximum absolute atomic E-state index is 12.8. The Balaban J connectivity index is 2.50. The Morgan fingerprint density at radius 3 is 2.53 bits per heavy atom. The molecule has 0 radical (unpaired) electrons. The first-order valence-corrected chi connectivity index (χ1v) is 5.16. The van der Waals surface area contributed by atoms with Crippen molar-refractivity contribution in [2.75, 3.05) is 17.2 Å². The van der Waals surface area contributed by atoms with E-state index >= 15 is 0 Å². The minimum atomic E-state index is -4.51. The van der Waals surface area contributed by atoms with Crippen LogP contribution >= 0.6 is 0 Å². The van der Waals surface area contributed by atoms with Gasteiger partial charge in [0.05, 0.1) is 11.3 Å². The summed E-state index contributed by atoms with van der Waals surface area (Å²) < 4.78 is 38.4. The number of nitrogens with zero attached hydrogens (tertiary/aromatic N) is 1. The first-order valence-electron chi connectivity index (χ1n) is 5.16. The van der Waals surface area contributed by atoms with Gasteiger partial charge in [0.2, 0.25) is 5.91 Å². The molecule has 1 saturated heterocycles. The number of halogens is 3. The zero-order valence-electron chi connectivity index (χ0n) is 8.92. The fraction of sp³-hybridized carbons (Fsp3) is 0.364. The molecule has 1 heterocycles. The maximum Gasteiger partial charge on any atom is 0.418 e. The smallest absolute Gasteiger partial charge is 0.399 e. The molecule has 1 aromatic carbocycles. The van der Waals surface area contributed by atoms with E-state index in [9.17, 15) is 18.0 Å². The fourth-order valence-electron chi connectivity index (χ4n) is 1.92. The molecule has 3 nitrogen and oxygen atoms in total. The monoisotopic (exact) mass is 244 g/mol. The van der Waals surface area contributed by atoms with Gasteiger partial charge in [-0.1, -0.05) is 0 Å². The molecule has 0 aliphatic carbocycles. The van der Waals surface area contributed by atoms with Crippen molar-refractivity contribution in [2.24, 2.45) is 0 Å². The zero-order chi connectivity index (χ0) is 12.6. The predicted octanol–water partition coefficient (Wildman–Crippen LogP) is 2.41. The van der Waals surface area contributed by atoms with E-state index in [0.29, 0.717) is 19.4 Å². The van der Waals surface area contributed by atoms with Gasteiger partial charge in [-0.25, -0.2) is 0 Å². The van der Waals surface area contributed by atoms with E-state index in [-0.39, 0.29) is 17.3 Å². The van der Waals surface area contributed by atoms with Crippen molar-refractivity contribution in [3.8, 4) is 0 Å². The number of nitrogens with two attached hydrogens (primary N) is 1. The molecule has 1 aliphatic heterocycles. The first kappa shape index (κ1) is 11.8.